The molecular formula is C28H42N4O2. The second kappa shape index (κ2) is 10.4. The van der Waals surface area contributed by atoms with Crippen molar-refractivity contribution in [3.63, 3.8) is 0 Å². The van der Waals surface area contributed by atoms with E-state index in [-0.39, 0.29) is 12.1 Å². The van der Waals surface area contributed by atoms with Crippen molar-refractivity contribution >= 4 is 28.5 Å². The zero-order valence-corrected chi connectivity index (χ0v) is 21.5. The first-order valence-corrected chi connectivity index (χ1v) is 13.1. The van der Waals surface area contributed by atoms with Crippen LogP contribution in [0.1, 0.15) is 65.7 Å². The van der Waals surface area contributed by atoms with E-state index in [9.17, 15) is 9.90 Å². The van der Waals surface area contributed by atoms with Crippen molar-refractivity contribution in [2.75, 3.05) is 24.3 Å². The number of fused-ring (bicyclic) bond motifs is 1. The van der Waals surface area contributed by atoms with Crippen LogP contribution in [0.25, 0.3) is 10.9 Å². The van der Waals surface area contributed by atoms with Gasteiger partial charge in [0.2, 0.25) is 0 Å². The van der Waals surface area contributed by atoms with Crippen LogP contribution in [0, 0.1) is 17.8 Å². The van der Waals surface area contributed by atoms with Gasteiger partial charge in [-0.3, -0.25) is 0 Å². The minimum atomic E-state index is -0.729. The Morgan fingerprint density at radius 2 is 1.79 bits per heavy atom. The summed E-state index contributed by atoms with van der Waals surface area (Å²) in [5, 5.41) is 15.1. The molecule has 4 rings (SSSR count). The molecule has 0 saturated heterocycles. The number of nitrogens with one attached hydrogen (secondary N) is 1. The van der Waals surface area contributed by atoms with Crippen LogP contribution in [-0.2, 0) is 0 Å². The fourth-order valence-corrected chi connectivity index (χ4v) is 6.35. The van der Waals surface area contributed by atoms with Crippen molar-refractivity contribution in [1.29, 1.82) is 0 Å². The molecule has 186 valence electrons. The minimum Gasteiger partial charge on any atom is -0.465 e. The van der Waals surface area contributed by atoms with Crippen LogP contribution in [0.3, 0.4) is 0 Å². The molecule has 2 aliphatic rings. The molecule has 3 atom stereocenters. The van der Waals surface area contributed by atoms with Crippen LogP contribution in [0.5, 0.6) is 0 Å². The van der Waals surface area contributed by atoms with Crippen molar-refractivity contribution in [3.8, 4) is 0 Å². The third-order valence-electron chi connectivity index (χ3n) is 8.18. The molecule has 6 nitrogen and oxygen atoms in total. The van der Waals surface area contributed by atoms with Gasteiger partial charge in [0, 0.05) is 49.4 Å². The Kier molecular flexibility index (Phi) is 7.54. The number of carbonyl (C=O) groups is 1. The number of hydrogen-bond donors (Lipinski definition) is 2. The Morgan fingerprint density at radius 3 is 2.44 bits per heavy atom. The molecule has 1 aromatic carbocycles. The van der Waals surface area contributed by atoms with Gasteiger partial charge in [0.05, 0.1) is 5.52 Å². The van der Waals surface area contributed by atoms with E-state index in [1.807, 2.05) is 11.0 Å². The molecule has 0 radical (unpaired) electrons. The molecule has 0 spiro atoms. The summed E-state index contributed by atoms with van der Waals surface area (Å²) < 4.78 is 0. The van der Waals surface area contributed by atoms with E-state index in [1.54, 1.807) is 0 Å². The lowest BCUT2D eigenvalue weighted by atomic mass is 9.72. The highest BCUT2D eigenvalue weighted by atomic mass is 16.4. The van der Waals surface area contributed by atoms with E-state index in [0.717, 1.165) is 60.9 Å². The molecule has 0 aliphatic heterocycles. The summed E-state index contributed by atoms with van der Waals surface area (Å²) in [5.41, 5.74) is 2.15. The number of anilines is 2. The largest absolute Gasteiger partial charge is 0.465 e. The second-order valence-electron chi connectivity index (χ2n) is 11.2. The third kappa shape index (κ3) is 5.26. The van der Waals surface area contributed by atoms with Gasteiger partial charge in [-0.1, -0.05) is 45.4 Å². The number of amides is 1. The highest BCUT2D eigenvalue weighted by molar-refractivity contribution is 5.93. The summed E-state index contributed by atoms with van der Waals surface area (Å²) in [7, 11) is 4.13. The quantitative estimate of drug-likeness (QED) is 0.511. The normalized spacial score (nSPS) is 27.5. The SMILES string of the molecule is CC(C)[C@@H]1CC[C@@H](C)C[C@H]1N(C(=O)O)C1CCC(Nc2cc(N(C)C)c3ccccc3n2)CC1. The highest BCUT2D eigenvalue weighted by Crippen LogP contribution is 2.39. The fraction of sp³-hybridized carbons (Fsp3) is 0.643. The molecule has 2 saturated carbocycles. The predicted molar refractivity (Wildman–Crippen MR) is 141 cm³/mol. The van der Waals surface area contributed by atoms with E-state index in [1.165, 1.54) is 6.42 Å². The van der Waals surface area contributed by atoms with Gasteiger partial charge in [0.1, 0.15) is 5.82 Å². The monoisotopic (exact) mass is 466 g/mol. The molecule has 2 aliphatic carbocycles. The summed E-state index contributed by atoms with van der Waals surface area (Å²) in [6, 6.07) is 11.0. The van der Waals surface area contributed by atoms with E-state index < -0.39 is 6.09 Å². The fourth-order valence-electron chi connectivity index (χ4n) is 6.35. The lowest BCUT2D eigenvalue weighted by molar-refractivity contribution is 0.0223. The van der Waals surface area contributed by atoms with Gasteiger partial charge < -0.3 is 20.2 Å². The van der Waals surface area contributed by atoms with Gasteiger partial charge in [0.25, 0.3) is 0 Å². The van der Waals surface area contributed by atoms with Gasteiger partial charge in [-0.2, -0.15) is 0 Å². The Balaban J connectivity index is 1.45. The zero-order chi connectivity index (χ0) is 24.4. The number of benzene rings is 1. The first-order valence-electron chi connectivity index (χ1n) is 13.1. The van der Waals surface area contributed by atoms with Gasteiger partial charge in [-0.05, 0) is 62.3 Å². The molecule has 2 aromatic rings. The van der Waals surface area contributed by atoms with E-state index in [2.05, 4.69) is 69.3 Å². The molecule has 1 amide bonds. The van der Waals surface area contributed by atoms with Crippen molar-refractivity contribution < 1.29 is 9.90 Å². The van der Waals surface area contributed by atoms with Crippen LogP contribution < -0.4 is 10.2 Å². The van der Waals surface area contributed by atoms with Gasteiger partial charge >= 0.3 is 6.09 Å². The lowest BCUT2D eigenvalue weighted by Crippen LogP contribution is -2.54. The summed E-state index contributed by atoms with van der Waals surface area (Å²) in [5.74, 6) is 2.49. The van der Waals surface area contributed by atoms with Crippen molar-refractivity contribution in [1.82, 2.24) is 9.88 Å². The molecule has 0 unspecified atom stereocenters. The standard InChI is InChI=1S/C28H42N4O2/c1-18(2)22-15-10-19(3)16-26(22)32(28(33)34)21-13-11-20(12-14-21)29-27-17-25(31(4)5)23-8-6-7-9-24(23)30-27/h6-9,17-22,26H,10-16H2,1-5H3,(H,29,30)(H,33,34)/t19-,20?,21?,22+,26-/m1/s1. The van der Waals surface area contributed by atoms with Gasteiger partial charge in [-0.15, -0.1) is 0 Å². The molecule has 2 N–H and O–H groups in total. The number of para-hydroxylation sites is 1. The van der Waals surface area contributed by atoms with Crippen molar-refractivity contribution in [2.45, 2.75) is 83.8 Å². The summed E-state index contributed by atoms with van der Waals surface area (Å²) in [4.78, 5) is 21.3. The number of nitrogens with zero attached hydrogens (tertiary/aromatic N) is 3. The summed E-state index contributed by atoms with van der Waals surface area (Å²) in [6.45, 7) is 6.79. The first kappa shape index (κ1) is 24.6. The summed E-state index contributed by atoms with van der Waals surface area (Å²) in [6.07, 6.45) is 6.39. The van der Waals surface area contributed by atoms with Crippen LogP contribution in [0.4, 0.5) is 16.3 Å². The molecule has 6 heteroatoms. The van der Waals surface area contributed by atoms with Crippen molar-refractivity contribution in [3.05, 3.63) is 30.3 Å². The van der Waals surface area contributed by atoms with Crippen LogP contribution in [0.15, 0.2) is 30.3 Å². The molecular weight excluding hydrogens is 424 g/mol. The van der Waals surface area contributed by atoms with Crippen LogP contribution in [0.2, 0.25) is 0 Å². The number of hydrogen-bond acceptors (Lipinski definition) is 4. The van der Waals surface area contributed by atoms with E-state index in [0.29, 0.717) is 23.8 Å². The third-order valence-corrected chi connectivity index (χ3v) is 8.18. The van der Waals surface area contributed by atoms with Gasteiger partial charge in [-0.25, -0.2) is 9.78 Å². The Morgan fingerprint density at radius 1 is 1.09 bits per heavy atom. The minimum absolute atomic E-state index is 0.119. The molecule has 1 heterocycles. The van der Waals surface area contributed by atoms with E-state index >= 15 is 0 Å². The topological polar surface area (TPSA) is 68.7 Å². The molecule has 34 heavy (non-hydrogen) atoms. The van der Waals surface area contributed by atoms with Gasteiger partial charge in [0.15, 0.2) is 0 Å². The maximum Gasteiger partial charge on any atom is 0.407 e. The van der Waals surface area contributed by atoms with Crippen LogP contribution >= 0.6 is 0 Å². The van der Waals surface area contributed by atoms with E-state index in [4.69, 9.17) is 4.98 Å². The maximum absolute atomic E-state index is 12.5. The predicted octanol–water partition coefficient (Wildman–Crippen LogP) is 6.46. The zero-order valence-electron chi connectivity index (χ0n) is 21.5. The Labute approximate surface area is 204 Å². The molecule has 1 aromatic heterocycles. The number of rotatable bonds is 6. The van der Waals surface area contributed by atoms with Crippen molar-refractivity contribution in [2.24, 2.45) is 17.8 Å². The summed E-state index contributed by atoms with van der Waals surface area (Å²) >= 11 is 0. The molecule has 0 bridgehead atoms. The maximum atomic E-state index is 12.5. The Hall–Kier alpha value is -2.50. The lowest BCUT2D eigenvalue weighted by Gasteiger charge is -2.47. The average molecular weight is 467 g/mol. The first-order chi connectivity index (χ1) is 16.2. The average Bonchev–Trinajstić information content (AvgIpc) is 2.79. The highest BCUT2D eigenvalue weighted by Gasteiger charge is 2.41. The number of aromatic nitrogens is 1. The second-order valence-corrected chi connectivity index (χ2v) is 11.2. The Bertz CT molecular complexity index is 984. The smallest absolute Gasteiger partial charge is 0.407 e. The van der Waals surface area contributed by atoms with Crippen LogP contribution in [-0.4, -0.2) is 53.3 Å². The molecule has 2 fully saturated rings. The number of pyridine rings is 1. The number of carboxylic acid groups (broad SMARTS) is 1.